The summed E-state index contributed by atoms with van der Waals surface area (Å²) in [5.74, 6) is -1.15. The summed E-state index contributed by atoms with van der Waals surface area (Å²) in [5, 5.41) is 23.2. The summed E-state index contributed by atoms with van der Waals surface area (Å²) >= 11 is 0. The Bertz CT molecular complexity index is 565. The number of benzene rings is 1. The van der Waals surface area contributed by atoms with Crippen molar-refractivity contribution in [3.05, 3.63) is 35.9 Å². The second-order valence-electron chi connectivity index (χ2n) is 9.24. The highest BCUT2D eigenvalue weighted by Gasteiger charge is 2.37. The van der Waals surface area contributed by atoms with Crippen LogP contribution in [0.1, 0.15) is 109 Å². The maximum absolute atomic E-state index is 11.5. The van der Waals surface area contributed by atoms with Crippen molar-refractivity contribution in [1.82, 2.24) is 5.32 Å². The lowest BCUT2D eigenvalue weighted by Gasteiger charge is -2.23. The smallest absolute Gasteiger partial charge is 0.340 e. The van der Waals surface area contributed by atoms with Gasteiger partial charge in [0.25, 0.3) is 0 Å². The van der Waals surface area contributed by atoms with Crippen molar-refractivity contribution in [3.63, 3.8) is 0 Å². The molecule has 1 fully saturated rings. The van der Waals surface area contributed by atoms with Crippen molar-refractivity contribution in [1.29, 1.82) is 0 Å². The topological polar surface area (TPSA) is 78.8 Å². The first-order valence-corrected chi connectivity index (χ1v) is 13.4. The fourth-order valence-corrected chi connectivity index (χ4v) is 4.18. The third kappa shape index (κ3) is 14.4. The molecular weight excluding hydrogens is 414 g/mol. The van der Waals surface area contributed by atoms with Crippen LogP contribution in [0, 0.1) is 0 Å². The molecule has 0 spiro atoms. The van der Waals surface area contributed by atoms with Crippen molar-refractivity contribution in [3.8, 4) is 0 Å². The van der Waals surface area contributed by atoms with E-state index in [0.717, 1.165) is 45.6 Å². The van der Waals surface area contributed by atoms with Gasteiger partial charge in [0.05, 0.1) is 13.2 Å². The Labute approximate surface area is 202 Å². The summed E-state index contributed by atoms with van der Waals surface area (Å²) in [6, 6.07) is 8.76. The SMILES string of the molecule is C1COCCN1.CCCCCCCCCCCCCCCCC(O)(C(=O)O)c1ccccc1. The molecule has 2 rings (SSSR count). The maximum Gasteiger partial charge on any atom is 0.340 e. The Morgan fingerprint density at radius 3 is 1.64 bits per heavy atom. The quantitative estimate of drug-likeness (QED) is 0.232. The Morgan fingerprint density at radius 2 is 1.27 bits per heavy atom. The molecule has 1 aliphatic heterocycles. The normalized spacial score (nSPS) is 15.3. The number of aliphatic carboxylic acids is 1. The number of aliphatic hydroxyl groups is 1. The molecule has 1 heterocycles. The van der Waals surface area contributed by atoms with Crippen LogP contribution in [0.3, 0.4) is 0 Å². The van der Waals surface area contributed by atoms with Gasteiger partial charge >= 0.3 is 5.97 Å². The Balaban J connectivity index is 0.000000779. The van der Waals surface area contributed by atoms with Gasteiger partial charge in [-0.1, -0.05) is 121 Å². The van der Waals surface area contributed by atoms with Crippen LogP contribution >= 0.6 is 0 Å². The van der Waals surface area contributed by atoms with Gasteiger partial charge in [-0.3, -0.25) is 0 Å². The molecule has 0 bridgehead atoms. The van der Waals surface area contributed by atoms with Crippen LogP contribution in [-0.4, -0.2) is 42.5 Å². The molecule has 1 aromatic rings. The number of unbranched alkanes of at least 4 members (excludes halogenated alkanes) is 13. The van der Waals surface area contributed by atoms with Gasteiger partial charge in [-0.2, -0.15) is 0 Å². The molecule has 5 nitrogen and oxygen atoms in total. The van der Waals surface area contributed by atoms with Crippen molar-refractivity contribution in [2.45, 2.75) is 109 Å². The summed E-state index contributed by atoms with van der Waals surface area (Å²) in [4.78, 5) is 11.5. The van der Waals surface area contributed by atoms with Crippen LogP contribution in [0.4, 0.5) is 0 Å². The highest BCUT2D eigenvalue weighted by atomic mass is 16.5. The highest BCUT2D eigenvalue weighted by Crippen LogP contribution is 2.28. The van der Waals surface area contributed by atoms with E-state index in [4.69, 9.17) is 4.74 Å². The van der Waals surface area contributed by atoms with Crippen molar-refractivity contribution in [2.75, 3.05) is 26.3 Å². The Hall–Kier alpha value is -1.43. The molecule has 0 aliphatic carbocycles. The van der Waals surface area contributed by atoms with Gasteiger partial charge in [0.2, 0.25) is 0 Å². The van der Waals surface area contributed by atoms with E-state index in [-0.39, 0.29) is 6.42 Å². The second kappa shape index (κ2) is 20.0. The minimum atomic E-state index is -1.75. The number of carbonyl (C=O) groups is 1. The maximum atomic E-state index is 11.5. The largest absolute Gasteiger partial charge is 0.479 e. The summed E-state index contributed by atoms with van der Waals surface area (Å²) < 4.78 is 5.01. The van der Waals surface area contributed by atoms with Crippen LogP contribution in [0.15, 0.2) is 30.3 Å². The molecule has 190 valence electrons. The van der Waals surface area contributed by atoms with Gasteiger partial charge in [-0.05, 0) is 18.4 Å². The number of ether oxygens (including phenoxy) is 1. The van der Waals surface area contributed by atoms with Gasteiger partial charge in [0.15, 0.2) is 5.60 Å². The van der Waals surface area contributed by atoms with E-state index in [1.807, 2.05) is 6.07 Å². The van der Waals surface area contributed by atoms with Crippen molar-refractivity contribution < 1.29 is 19.7 Å². The number of morpholine rings is 1. The molecule has 1 atom stereocenters. The van der Waals surface area contributed by atoms with Crippen LogP contribution in [0.25, 0.3) is 0 Å². The molecule has 1 unspecified atom stereocenters. The highest BCUT2D eigenvalue weighted by molar-refractivity contribution is 5.79. The molecule has 5 heteroatoms. The lowest BCUT2D eigenvalue weighted by Crippen LogP contribution is -2.35. The van der Waals surface area contributed by atoms with Gasteiger partial charge < -0.3 is 20.3 Å². The number of carboxylic acid groups (broad SMARTS) is 1. The molecule has 3 N–H and O–H groups in total. The number of nitrogens with one attached hydrogen (secondary N) is 1. The summed E-state index contributed by atoms with van der Waals surface area (Å²) in [6.45, 7) is 6.09. The monoisotopic (exact) mass is 463 g/mol. The predicted molar refractivity (Wildman–Crippen MR) is 137 cm³/mol. The van der Waals surface area contributed by atoms with Gasteiger partial charge in [-0.15, -0.1) is 0 Å². The molecule has 0 aromatic heterocycles. The Kier molecular flexibility index (Phi) is 17.9. The zero-order valence-corrected chi connectivity index (χ0v) is 21.0. The first-order valence-electron chi connectivity index (χ1n) is 13.4. The zero-order chi connectivity index (χ0) is 24.0. The molecule has 0 amide bonds. The van der Waals surface area contributed by atoms with E-state index in [9.17, 15) is 15.0 Å². The zero-order valence-electron chi connectivity index (χ0n) is 21.0. The van der Waals surface area contributed by atoms with E-state index >= 15 is 0 Å². The van der Waals surface area contributed by atoms with E-state index in [2.05, 4.69) is 12.2 Å². The third-order valence-corrected chi connectivity index (χ3v) is 6.34. The third-order valence-electron chi connectivity index (χ3n) is 6.34. The second-order valence-corrected chi connectivity index (χ2v) is 9.24. The van der Waals surface area contributed by atoms with Crippen LogP contribution in [-0.2, 0) is 15.1 Å². The van der Waals surface area contributed by atoms with Crippen molar-refractivity contribution >= 4 is 5.97 Å². The summed E-state index contributed by atoms with van der Waals surface area (Å²) in [5.41, 5.74) is -1.27. The van der Waals surface area contributed by atoms with E-state index in [1.165, 1.54) is 70.6 Å². The molecule has 0 saturated carbocycles. The van der Waals surface area contributed by atoms with E-state index in [0.29, 0.717) is 5.56 Å². The van der Waals surface area contributed by atoms with E-state index in [1.54, 1.807) is 24.3 Å². The molecule has 1 aliphatic rings. The van der Waals surface area contributed by atoms with Crippen molar-refractivity contribution in [2.24, 2.45) is 0 Å². The minimum absolute atomic E-state index is 0.282. The molecule has 33 heavy (non-hydrogen) atoms. The van der Waals surface area contributed by atoms with Crippen LogP contribution < -0.4 is 5.32 Å². The number of hydrogen-bond acceptors (Lipinski definition) is 4. The lowest BCUT2D eigenvalue weighted by molar-refractivity contribution is -0.160. The summed E-state index contributed by atoms with van der Waals surface area (Å²) in [6.07, 6.45) is 18.0. The number of carboxylic acids is 1. The molecule has 1 saturated heterocycles. The lowest BCUT2D eigenvalue weighted by atomic mass is 9.88. The average molecular weight is 464 g/mol. The van der Waals surface area contributed by atoms with Gasteiger partial charge in [-0.25, -0.2) is 4.79 Å². The first kappa shape index (κ1) is 29.6. The van der Waals surface area contributed by atoms with Gasteiger partial charge in [0, 0.05) is 13.1 Å². The van der Waals surface area contributed by atoms with Gasteiger partial charge in [0.1, 0.15) is 0 Å². The van der Waals surface area contributed by atoms with Crippen LogP contribution in [0.2, 0.25) is 0 Å². The standard InChI is InChI=1S/C24H40O3.C4H9NO/c1-2-3-4-5-6-7-8-9-10-11-12-13-14-18-21-24(27,23(25)26)22-19-16-15-17-20-22;1-3-6-4-2-5-1/h15-17,19-20,27H,2-14,18,21H2,1H3,(H,25,26);5H,1-4H2. The predicted octanol–water partition coefficient (Wildman–Crippen LogP) is 6.44. The first-order chi connectivity index (χ1) is 16.1. The molecule has 1 aromatic carbocycles. The minimum Gasteiger partial charge on any atom is -0.479 e. The Morgan fingerprint density at radius 1 is 0.818 bits per heavy atom. The average Bonchev–Trinajstić information content (AvgIpc) is 2.86. The van der Waals surface area contributed by atoms with E-state index < -0.39 is 11.6 Å². The van der Waals surface area contributed by atoms with Crippen LogP contribution in [0.5, 0.6) is 0 Å². The number of rotatable bonds is 17. The summed E-state index contributed by atoms with van der Waals surface area (Å²) in [7, 11) is 0. The molecular formula is C28H49NO4. The fraction of sp³-hybridized carbons (Fsp3) is 0.750. The number of hydrogen-bond donors (Lipinski definition) is 3. The molecule has 0 radical (unpaired) electrons. The fourth-order valence-electron chi connectivity index (χ4n) is 4.18.